The molecule has 5 heteroatoms. The quantitative estimate of drug-likeness (QED) is 0.619. The summed E-state index contributed by atoms with van der Waals surface area (Å²) in [6, 6.07) is 4.23. The number of thiophene rings is 1. The summed E-state index contributed by atoms with van der Waals surface area (Å²) < 4.78 is 4.93. The zero-order valence-corrected chi connectivity index (χ0v) is 12.1. The van der Waals surface area contributed by atoms with E-state index < -0.39 is 0 Å². The van der Waals surface area contributed by atoms with Crippen LogP contribution in [0.3, 0.4) is 0 Å². The van der Waals surface area contributed by atoms with Crippen molar-refractivity contribution >= 4 is 11.3 Å². The van der Waals surface area contributed by atoms with E-state index in [2.05, 4.69) is 27.7 Å². The zero-order chi connectivity index (χ0) is 13.2. The predicted octanol–water partition coefficient (Wildman–Crippen LogP) is 0.819. The number of rotatable bonds is 10. The molecule has 0 bridgehead atoms. The zero-order valence-electron chi connectivity index (χ0n) is 11.3. The van der Waals surface area contributed by atoms with Gasteiger partial charge in [0.1, 0.15) is 0 Å². The standard InChI is InChI=1S/C13H24N2O2S/c1-15(7-5-13-4-3-9-18-13)11-12(16)10-14-6-8-17-2/h3-4,9,12,14,16H,5-8,10-11H2,1-2H3. The van der Waals surface area contributed by atoms with E-state index in [0.717, 1.165) is 19.5 Å². The molecule has 0 radical (unpaired) electrons. The van der Waals surface area contributed by atoms with E-state index in [4.69, 9.17) is 4.74 Å². The first kappa shape index (κ1) is 15.6. The van der Waals surface area contributed by atoms with Crippen molar-refractivity contribution in [1.29, 1.82) is 0 Å². The number of aliphatic hydroxyl groups excluding tert-OH is 1. The first-order valence-electron chi connectivity index (χ1n) is 6.31. The van der Waals surface area contributed by atoms with E-state index in [0.29, 0.717) is 19.7 Å². The van der Waals surface area contributed by atoms with Gasteiger partial charge in [0.15, 0.2) is 0 Å². The molecule has 1 unspecified atom stereocenters. The Bertz CT molecular complexity index is 293. The molecule has 1 atom stereocenters. The maximum absolute atomic E-state index is 9.83. The minimum absolute atomic E-state index is 0.324. The molecule has 0 aromatic carbocycles. The Morgan fingerprint density at radius 1 is 1.56 bits per heavy atom. The van der Waals surface area contributed by atoms with Gasteiger partial charge >= 0.3 is 0 Å². The summed E-state index contributed by atoms with van der Waals surface area (Å²) >= 11 is 1.79. The second-order valence-electron chi connectivity index (χ2n) is 4.44. The maximum Gasteiger partial charge on any atom is 0.0791 e. The average Bonchev–Trinajstić information content (AvgIpc) is 2.85. The lowest BCUT2D eigenvalue weighted by Gasteiger charge is -2.20. The molecule has 0 aliphatic heterocycles. The molecular weight excluding hydrogens is 248 g/mol. The van der Waals surface area contributed by atoms with Crippen LogP contribution < -0.4 is 5.32 Å². The minimum Gasteiger partial charge on any atom is -0.390 e. The van der Waals surface area contributed by atoms with Crippen molar-refractivity contribution in [2.75, 3.05) is 46.9 Å². The molecule has 0 spiro atoms. The highest BCUT2D eigenvalue weighted by Crippen LogP contribution is 2.09. The largest absolute Gasteiger partial charge is 0.390 e. The molecule has 1 aromatic rings. The third-order valence-electron chi connectivity index (χ3n) is 2.71. The highest BCUT2D eigenvalue weighted by molar-refractivity contribution is 7.09. The fourth-order valence-corrected chi connectivity index (χ4v) is 2.41. The molecule has 0 fully saturated rings. The van der Waals surface area contributed by atoms with Crippen LogP contribution >= 0.6 is 11.3 Å². The molecule has 0 aliphatic carbocycles. The molecule has 2 N–H and O–H groups in total. The Hall–Kier alpha value is -0.460. The second kappa shape index (κ2) is 9.47. The van der Waals surface area contributed by atoms with Gasteiger partial charge in [0.2, 0.25) is 0 Å². The van der Waals surface area contributed by atoms with Crippen molar-refractivity contribution in [3.05, 3.63) is 22.4 Å². The van der Waals surface area contributed by atoms with Crippen molar-refractivity contribution in [2.24, 2.45) is 0 Å². The number of likely N-dealkylation sites (N-methyl/N-ethyl adjacent to an activating group) is 1. The molecule has 1 heterocycles. The minimum atomic E-state index is -0.324. The molecule has 4 nitrogen and oxygen atoms in total. The molecule has 104 valence electrons. The van der Waals surface area contributed by atoms with E-state index in [1.165, 1.54) is 4.88 Å². The van der Waals surface area contributed by atoms with Crippen molar-refractivity contribution in [1.82, 2.24) is 10.2 Å². The monoisotopic (exact) mass is 272 g/mol. The Morgan fingerprint density at radius 3 is 3.06 bits per heavy atom. The molecule has 18 heavy (non-hydrogen) atoms. The number of ether oxygens (including phenoxy) is 1. The lowest BCUT2D eigenvalue weighted by Crippen LogP contribution is -2.38. The molecule has 1 rings (SSSR count). The summed E-state index contributed by atoms with van der Waals surface area (Å²) in [5, 5.41) is 15.1. The molecule has 1 aromatic heterocycles. The first-order valence-corrected chi connectivity index (χ1v) is 7.19. The normalized spacial score (nSPS) is 13.1. The van der Waals surface area contributed by atoms with Gasteiger partial charge in [-0.1, -0.05) is 6.07 Å². The van der Waals surface area contributed by atoms with Crippen molar-refractivity contribution in [3.63, 3.8) is 0 Å². The summed E-state index contributed by atoms with van der Waals surface area (Å²) in [5.74, 6) is 0. The number of aliphatic hydroxyl groups is 1. The van der Waals surface area contributed by atoms with Crippen LogP contribution in [-0.2, 0) is 11.2 Å². The van der Waals surface area contributed by atoms with Crippen LogP contribution in [0.4, 0.5) is 0 Å². The van der Waals surface area contributed by atoms with Gasteiger partial charge in [0, 0.05) is 38.2 Å². The molecule has 0 aliphatic rings. The Labute approximate surface area is 114 Å². The predicted molar refractivity (Wildman–Crippen MR) is 76.3 cm³/mol. The third-order valence-corrected chi connectivity index (χ3v) is 3.64. The fraction of sp³-hybridized carbons (Fsp3) is 0.692. The van der Waals surface area contributed by atoms with Gasteiger partial charge < -0.3 is 20.1 Å². The van der Waals surface area contributed by atoms with E-state index in [-0.39, 0.29) is 6.10 Å². The smallest absolute Gasteiger partial charge is 0.0791 e. The third kappa shape index (κ3) is 7.08. The van der Waals surface area contributed by atoms with Gasteiger partial charge in [0.25, 0.3) is 0 Å². The molecular formula is C13H24N2O2S. The average molecular weight is 272 g/mol. The van der Waals surface area contributed by atoms with Crippen LogP contribution in [-0.4, -0.2) is 63.1 Å². The summed E-state index contributed by atoms with van der Waals surface area (Å²) in [7, 11) is 3.72. The van der Waals surface area contributed by atoms with E-state index >= 15 is 0 Å². The van der Waals surface area contributed by atoms with Gasteiger partial charge in [-0.05, 0) is 24.9 Å². The maximum atomic E-state index is 9.83. The number of hydrogen-bond acceptors (Lipinski definition) is 5. The van der Waals surface area contributed by atoms with Crippen LogP contribution in [0.1, 0.15) is 4.88 Å². The lowest BCUT2D eigenvalue weighted by atomic mass is 10.3. The molecule has 0 saturated heterocycles. The van der Waals surface area contributed by atoms with Gasteiger partial charge in [0.05, 0.1) is 12.7 Å². The van der Waals surface area contributed by atoms with Gasteiger partial charge in [-0.25, -0.2) is 0 Å². The Balaban J connectivity index is 2.05. The van der Waals surface area contributed by atoms with Crippen LogP contribution in [0.2, 0.25) is 0 Å². The Morgan fingerprint density at radius 2 is 2.39 bits per heavy atom. The highest BCUT2D eigenvalue weighted by Gasteiger charge is 2.07. The van der Waals surface area contributed by atoms with E-state index in [9.17, 15) is 5.11 Å². The van der Waals surface area contributed by atoms with Crippen molar-refractivity contribution in [3.8, 4) is 0 Å². The fourth-order valence-electron chi connectivity index (χ4n) is 1.71. The highest BCUT2D eigenvalue weighted by atomic mass is 32.1. The summed E-state index contributed by atoms with van der Waals surface area (Å²) in [5.41, 5.74) is 0. The van der Waals surface area contributed by atoms with Crippen molar-refractivity contribution < 1.29 is 9.84 Å². The lowest BCUT2D eigenvalue weighted by molar-refractivity contribution is 0.121. The van der Waals surface area contributed by atoms with Crippen LogP contribution in [0.5, 0.6) is 0 Å². The number of methoxy groups -OCH3 is 1. The summed E-state index contributed by atoms with van der Waals surface area (Å²) in [4.78, 5) is 3.57. The number of hydrogen-bond donors (Lipinski definition) is 2. The molecule has 0 amide bonds. The van der Waals surface area contributed by atoms with E-state index in [1.54, 1.807) is 18.4 Å². The Kier molecular flexibility index (Phi) is 8.20. The van der Waals surface area contributed by atoms with Gasteiger partial charge in [-0.3, -0.25) is 0 Å². The van der Waals surface area contributed by atoms with Crippen LogP contribution in [0, 0.1) is 0 Å². The SMILES string of the molecule is COCCNCC(O)CN(C)CCc1cccs1. The second-order valence-corrected chi connectivity index (χ2v) is 5.47. The van der Waals surface area contributed by atoms with Gasteiger partial charge in [-0.2, -0.15) is 0 Å². The van der Waals surface area contributed by atoms with E-state index in [1.807, 2.05) is 7.05 Å². The summed E-state index contributed by atoms with van der Waals surface area (Å²) in [6.45, 7) is 3.76. The number of nitrogens with one attached hydrogen (secondary N) is 1. The topological polar surface area (TPSA) is 44.7 Å². The van der Waals surface area contributed by atoms with Crippen LogP contribution in [0.25, 0.3) is 0 Å². The first-order chi connectivity index (χ1) is 8.72. The number of nitrogens with zero attached hydrogens (tertiary/aromatic N) is 1. The van der Waals surface area contributed by atoms with Crippen molar-refractivity contribution in [2.45, 2.75) is 12.5 Å². The summed E-state index contributed by atoms with van der Waals surface area (Å²) in [6.07, 6.45) is 0.730. The van der Waals surface area contributed by atoms with Crippen LogP contribution in [0.15, 0.2) is 17.5 Å². The molecule has 0 saturated carbocycles. The van der Waals surface area contributed by atoms with Gasteiger partial charge in [-0.15, -0.1) is 11.3 Å².